The molecule has 0 N–H and O–H groups in total. The van der Waals surface area contributed by atoms with E-state index < -0.39 is 29.2 Å². The molecule has 9 heteroatoms. The Morgan fingerprint density at radius 1 is 1.17 bits per heavy atom. The second-order valence-corrected chi connectivity index (χ2v) is 7.54. The van der Waals surface area contributed by atoms with Gasteiger partial charge < -0.3 is 9.64 Å². The van der Waals surface area contributed by atoms with Crippen molar-refractivity contribution in [1.29, 1.82) is 0 Å². The number of rotatable bonds is 3. The monoisotopic (exact) mass is 409 g/mol. The van der Waals surface area contributed by atoms with Gasteiger partial charge >= 0.3 is 12.1 Å². The van der Waals surface area contributed by atoms with Crippen LogP contribution in [0.3, 0.4) is 0 Å². The maximum absolute atomic E-state index is 13.8. The van der Waals surface area contributed by atoms with Gasteiger partial charge in [0.25, 0.3) is 0 Å². The van der Waals surface area contributed by atoms with E-state index in [1.165, 1.54) is 6.07 Å². The Labute approximate surface area is 164 Å². The second-order valence-electron chi connectivity index (χ2n) is 7.54. The van der Waals surface area contributed by atoms with Crippen LogP contribution in [0.15, 0.2) is 30.5 Å². The fourth-order valence-electron chi connectivity index (χ4n) is 4.58. The molecule has 2 aromatic rings. The predicted octanol–water partition coefficient (Wildman–Crippen LogP) is 4.05. The number of fused-ring (bicyclic) bond motifs is 1. The van der Waals surface area contributed by atoms with Crippen LogP contribution in [-0.4, -0.2) is 36.1 Å². The first-order valence-electron chi connectivity index (χ1n) is 9.30. The fourth-order valence-corrected chi connectivity index (χ4v) is 4.58. The van der Waals surface area contributed by atoms with Crippen LogP contribution in [0.2, 0.25) is 0 Å². The first kappa shape index (κ1) is 19.6. The quantitative estimate of drug-likeness (QED) is 0.566. The average Bonchev–Trinajstić information content (AvgIpc) is 3.26. The Morgan fingerprint density at radius 2 is 1.83 bits per heavy atom. The number of methoxy groups -OCH3 is 1. The molecule has 4 rings (SSSR count). The first-order chi connectivity index (χ1) is 13.8. The lowest BCUT2D eigenvalue weighted by Crippen LogP contribution is -2.25. The zero-order chi connectivity index (χ0) is 20.8. The Balaban J connectivity index is 1.50. The second kappa shape index (κ2) is 7.27. The van der Waals surface area contributed by atoms with Crippen molar-refractivity contribution in [2.24, 2.45) is 11.8 Å². The molecule has 1 aromatic heterocycles. The summed E-state index contributed by atoms with van der Waals surface area (Å²) in [5, 5.41) is 0. The summed E-state index contributed by atoms with van der Waals surface area (Å²) in [5.74, 6) is -1.27. The summed E-state index contributed by atoms with van der Waals surface area (Å²) in [5.41, 5.74) is -0.634. The van der Waals surface area contributed by atoms with Crippen molar-refractivity contribution in [3.63, 3.8) is 0 Å². The molecule has 2 aliphatic rings. The van der Waals surface area contributed by atoms with Gasteiger partial charge in [0.2, 0.25) is 5.95 Å². The van der Waals surface area contributed by atoms with Crippen molar-refractivity contribution >= 4 is 11.9 Å². The number of benzene rings is 1. The maximum Gasteiger partial charge on any atom is 0.416 e. The third-order valence-electron chi connectivity index (χ3n) is 5.85. The summed E-state index contributed by atoms with van der Waals surface area (Å²) < 4.78 is 58.3. The summed E-state index contributed by atoms with van der Waals surface area (Å²) >= 11 is 0. The van der Waals surface area contributed by atoms with E-state index in [2.05, 4.69) is 14.7 Å². The number of alkyl halides is 3. The van der Waals surface area contributed by atoms with E-state index in [0.29, 0.717) is 31.5 Å². The molecule has 1 aliphatic carbocycles. The lowest BCUT2D eigenvalue weighted by molar-refractivity contribution is -0.138. The number of nitrogens with zero attached hydrogens (tertiary/aromatic N) is 3. The topological polar surface area (TPSA) is 55.3 Å². The first-order valence-corrected chi connectivity index (χ1v) is 9.30. The molecule has 0 spiro atoms. The molecule has 1 aromatic carbocycles. The number of halogens is 4. The third-order valence-corrected chi connectivity index (χ3v) is 5.85. The van der Waals surface area contributed by atoms with Gasteiger partial charge in [0.15, 0.2) is 11.5 Å². The minimum atomic E-state index is -4.37. The summed E-state index contributed by atoms with van der Waals surface area (Å²) in [7, 11) is 1.14. The molecule has 1 saturated carbocycles. The van der Waals surface area contributed by atoms with Crippen LogP contribution < -0.4 is 4.90 Å². The van der Waals surface area contributed by atoms with E-state index in [9.17, 15) is 22.4 Å². The molecule has 0 unspecified atom stereocenters. The van der Waals surface area contributed by atoms with Crippen LogP contribution in [0.1, 0.15) is 40.4 Å². The molecule has 2 fully saturated rings. The molecule has 29 heavy (non-hydrogen) atoms. The van der Waals surface area contributed by atoms with Crippen molar-refractivity contribution in [2.45, 2.75) is 24.9 Å². The molecule has 0 amide bonds. The normalized spacial score (nSPS) is 23.9. The van der Waals surface area contributed by atoms with Crippen molar-refractivity contribution in [3.8, 4) is 0 Å². The third kappa shape index (κ3) is 3.65. The van der Waals surface area contributed by atoms with E-state index in [1.807, 2.05) is 4.90 Å². The van der Waals surface area contributed by atoms with Gasteiger partial charge in [-0.25, -0.2) is 19.2 Å². The highest BCUT2D eigenvalue weighted by molar-refractivity contribution is 5.87. The molecular weight excluding hydrogens is 390 g/mol. The van der Waals surface area contributed by atoms with Gasteiger partial charge in [-0.05, 0) is 42.2 Å². The Bertz CT molecular complexity index is 920. The molecule has 0 bridgehead atoms. The highest BCUT2D eigenvalue weighted by Gasteiger charge is 2.44. The molecule has 1 saturated heterocycles. The lowest BCUT2D eigenvalue weighted by Gasteiger charge is -2.21. The molecule has 5 nitrogen and oxygen atoms in total. The SMILES string of the molecule is COC(=O)c1nc(N2C[C@H]3C[C@@H](c4ccccc4C(F)(F)F)C[C@H]3C2)ncc1F. The summed E-state index contributed by atoms with van der Waals surface area (Å²) in [6.45, 7) is 1.11. The fraction of sp³-hybridized carbons (Fsp3) is 0.450. The van der Waals surface area contributed by atoms with E-state index in [4.69, 9.17) is 0 Å². The number of aromatic nitrogens is 2. The summed E-state index contributed by atoms with van der Waals surface area (Å²) in [6, 6.07) is 5.76. The smallest absolute Gasteiger partial charge is 0.416 e. The van der Waals surface area contributed by atoms with Crippen LogP contribution in [0.25, 0.3) is 0 Å². The number of anilines is 1. The van der Waals surface area contributed by atoms with Crippen LogP contribution >= 0.6 is 0 Å². The van der Waals surface area contributed by atoms with Crippen LogP contribution in [-0.2, 0) is 10.9 Å². The van der Waals surface area contributed by atoms with Gasteiger partial charge in [0.1, 0.15) is 0 Å². The molecule has 2 heterocycles. The van der Waals surface area contributed by atoms with Crippen LogP contribution in [0.4, 0.5) is 23.5 Å². The summed E-state index contributed by atoms with van der Waals surface area (Å²) in [6.07, 6.45) is -2.16. The highest BCUT2D eigenvalue weighted by atomic mass is 19.4. The van der Waals surface area contributed by atoms with Gasteiger partial charge in [-0.15, -0.1) is 0 Å². The van der Waals surface area contributed by atoms with E-state index >= 15 is 0 Å². The molecular formula is C20H19F4N3O2. The minimum absolute atomic E-state index is 0.148. The average molecular weight is 409 g/mol. The largest absolute Gasteiger partial charge is 0.464 e. The zero-order valence-corrected chi connectivity index (χ0v) is 15.6. The van der Waals surface area contributed by atoms with E-state index in [1.54, 1.807) is 12.1 Å². The zero-order valence-electron chi connectivity index (χ0n) is 15.6. The molecule has 1 aliphatic heterocycles. The number of esters is 1. The summed E-state index contributed by atoms with van der Waals surface area (Å²) in [4.78, 5) is 21.5. The van der Waals surface area contributed by atoms with Crippen molar-refractivity contribution in [1.82, 2.24) is 9.97 Å². The predicted molar refractivity (Wildman–Crippen MR) is 95.9 cm³/mol. The number of carbonyl (C=O) groups is 1. The van der Waals surface area contributed by atoms with Gasteiger partial charge in [-0.1, -0.05) is 18.2 Å². The number of ether oxygens (including phenoxy) is 1. The number of hydrogen-bond donors (Lipinski definition) is 0. The van der Waals surface area contributed by atoms with Gasteiger partial charge in [0.05, 0.1) is 18.9 Å². The Kier molecular flexibility index (Phi) is 4.92. The van der Waals surface area contributed by atoms with Crippen molar-refractivity contribution < 1.29 is 27.1 Å². The van der Waals surface area contributed by atoms with Gasteiger partial charge in [0, 0.05) is 13.1 Å². The van der Waals surface area contributed by atoms with Gasteiger partial charge in [-0.3, -0.25) is 0 Å². The maximum atomic E-state index is 13.8. The molecule has 0 radical (unpaired) electrons. The van der Waals surface area contributed by atoms with Crippen molar-refractivity contribution in [2.75, 3.05) is 25.1 Å². The number of carbonyl (C=O) groups excluding carboxylic acids is 1. The highest BCUT2D eigenvalue weighted by Crippen LogP contribution is 2.49. The van der Waals surface area contributed by atoms with E-state index in [-0.39, 0.29) is 23.7 Å². The Morgan fingerprint density at radius 3 is 2.45 bits per heavy atom. The van der Waals surface area contributed by atoms with E-state index in [0.717, 1.165) is 19.4 Å². The minimum Gasteiger partial charge on any atom is -0.464 e. The Hall–Kier alpha value is -2.71. The lowest BCUT2D eigenvalue weighted by atomic mass is 9.91. The number of hydrogen-bond acceptors (Lipinski definition) is 5. The van der Waals surface area contributed by atoms with Crippen LogP contribution in [0.5, 0.6) is 0 Å². The molecule has 3 atom stereocenters. The standard InChI is InChI=1S/C20H19F4N3O2/c1-29-18(28)17-16(21)8-25-19(26-17)27-9-12-6-11(7-13(12)10-27)14-4-2-3-5-15(14)20(22,23)24/h2-5,8,11-13H,6-7,9-10H2,1H3/t11-,12-,13+. The van der Waals surface area contributed by atoms with Crippen molar-refractivity contribution in [3.05, 3.63) is 53.1 Å². The molecule has 154 valence electrons. The van der Waals surface area contributed by atoms with Crippen LogP contribution in [0, 0.1) is 17.7 Å². The van der Waals surface area contributed by atoms with Gasteiger partial charge in [-0.2, -0.15) is 13.2 Å².